The van der Waals surface area contributed by atoms with Crippen molar-refractivity contribution in [1.82, 2.24) is 9.55 Å². The van der Waals surface area contributed by atoms with E-state index in [1.807, 2.05) is 0 Å². The number of aromatic nitrogens is 2. The molecular formula is C22H15BrFN3O3. The van der Waals surface area contributed by atoms with E-state index in [1.165, 1.54) is 12.3 Å². The lowest BCUT2D eigenvalue weighted by atomic mass is 9.99. The van der Waals surface area contributed by atoms with Gasteiger partial charge in [-0.15, -0.1) is 0 Å². The molecule has 0 aliphatic carbocycles. The van der Waals surface area contributed by atoms with Crippen molar-refractivity contribution in [3.63, 3.8) is 0 Å². The molecule has 3 N–H and O–H groups in total. The summed E-state index contributed by atoms with van der Waals surface area (Å²) in [5.74, 6) is -1.15. The van der Waals surface area contributed by atoms with E-state index in [0.717, 1.165) is 0 Å². The molecule has 6 nitrogen and oxygen atoms in total. The maximum absolute atomic E-state index is 14.3. The second-order valence-electron chi connectivity index (χ2n) is 6.65. The van der Waals surface area contributed by atoms with Gasteiger partial charge in [-0.05, 0) is 46.3 Å². The molecule has 0 spiro atoms. The number of benzene rings is 2. The molecular weight excluding hydrogens is 453 g/mol. The van der Waals surface area contributed by atoms with E-state index in [0.29, 0.717) is 27.2 Å². The summed E-state index contributed by atoms with van der Waals surface area (Å²) in [6, 6.07) is 12.7. The van der Waals surface area contributed by atoms with E-state index < -0.39 is 17.3 Å². The topological polar surface area (TPSA) is 98.0 Å². The number of H-pyrrole nitrogens is 1. The maximum atomic E-state index is 14.3. The number of aldehydes is 1. The summed E-state index contributed by atoms with van der Waals surface area (Å²) < 4.78 is 16.4. The largest absolute Gasteiger partial charge is 0.366 e. The molecule has 30 heavy (non-hydrogen) atoms. The zero-order valence-electron chi connectivity index (χ0n) is 15.5. The quantitative estimate of drug-likeness (QED) is 0.436. The summed E-state index contributed by atoms with van der Waals surface area (Å²) in [6.45, 7) is 0.0296. The first-order chi connectivity index (χ1) is 14.4. The zero-order chi connectivity index (χ0) is 21.4. The summed E-state index contributed by atoms with van der Waals surface area (Å²) in [4.78, 5) is 39.6. The van der Waals surface area contributed by atoms with E-state index in [-0.39, 0.29) is 28.9 Å². The Morgan fingerprint density at radius 3 is 2.60 bits per heavy atom. The van der Waals surface area contributed by atoms with Crippen LogP contribution in [0, 0.1) is 5.82 Å². The number of fused-ring (bicyclic) bond motifs is 1. The number of carbonyl (C=O) groups is 2. The van der Waals surface area contributed by atoms with Crippen molar-refractivity contribution in [3.05, 3.63) is 92.2 Å². The minimum Gasteiger partial charge on any atom is -0.366 e. The lowest BCUT2D eigenvalue weighted by Crippen LogP contribution is -2.13. The van der Waals surface area contributed by atoms with E-state index in [4.69, 9.17) is 5.73 Å². The number of pyridine rings is 1. The van der Waals surface area contributed by atoms with Crippen LogP contribution in [0.3, 0.4) is 0 Å². The molecule has 4 aromatic rings. The molecule has 0 aliphatic rings. The van der Waals surface area contributed by atoms with Crippen LogP contribution >= 0.6 is 15.9 Å². The van der Waals surface area contributed by atoms with Crippen LogP contribution in [0.5, 0.6) is 0 Å². The second kappa shape index (κ2) is 7.72. The average Bonchev–Trinajstić information content (AvgIpc) is 3.02. The fraction of sp³-hybridized carbons (Fsp3) is 0.0455. The van der Waals surface area contributed by atoms with Gasteiger partial charge in [0.2, 0.25) is 0 Å². The third kappa shape index (κ3) is 3.15. The summed E-state index contributed by atoms with van der Waals surface area (Å²) in [5.41, 5.74) is 6.80. The van der Waals surface area contributed by atoms with Gasteiger partial charge in [0.1, 0.15) is 5.82 Å². The first-order valence-corrected chi connectivity index (χ1v) is 9.74. The van der Waals surface area contributed by atoms with Gasteiger partial charge in [0.05, 0.1) is 23.3 Å². The van der Waals surface area contributed by atoms with E-state index >= 15 is 0 Å². The Kier molecular flexibility index (Phi) is 5.09. The highest BCUT2D eigenvalue weighted by Crippen LogP contribution is 2.38. The molecule has 4 rings (SSSR count). The Morgan fingerprint density at radius 2 is 1.93 bits per heavy atom. The molecule has 0 saturated carbocycles. The van der Waals surface area contributed by atoms with Gasteiger partial charge < -0.3 is 15.3 Å². The molecule has 0 aliphatic heterocycles. The monoisotopic (exact) mass is 467 g/mol. The van der Waals surface area contributed by atoms with Crippen molar-refractivity contribution >= 4 is 39.0 Å². The summed E-state index contributed by atoms with van der Waals surface area (Å²) in [5, 5.41) is 0.354. The highest BCUT2D eigenvalue weighted by Gasteiger charge is 2.26. The van der Waals surface area contributed by atoms with E-state index in [1.54, 1.807) is 47.0 Å². The molecule has 8 heteroatoms. The number of primary amides is 1. The molecule has 2 heterocycles. The van der Waals surface area contributed by atoms with Gasteiger partial charge in [-0.2, -0.15) is 0 Å². The van der Waals surface area contributed by atoms with Gasteiger partial charge in [0, 0.05) is 32.7 Å². The highest BCUT2D eigenvalue weighted by molar-refractivity contribution is 9.10. The molecule has 0 fully saturated rings. The SMILES string of the molecule is NC(=O)c1c(Br)ccc2c1c(-c1ccc[nH]c1=O)c(C=O)n2Cc1ccccc1F. The molecule has 0 saturated heterocycles. The average molecular weight is 468 g/mol. The normalized spacial score (nSPS) is 11.0. The fourth-order valence-electron chi connectivity index (χ4n) is 3.66. The van der Waals surface area contributed by atoms with E-state index in [2.05, 4.69) is 20.9 Å². The van der Waals surface area contributed by atoms with Gasteiger partial charge in [-0.3, -0.25) is 14.4 Å². The lowest BCUT2D eigenvalue weighted by molar-refractivity contribution is 0.100. The zero-order valence-corrected chi connectivity index (χ0v) is 17.1. The summed E-state index contributed by atoms with van der Waals surface area (Å²) in [6.07, 6.45) is 2.07. The number of nitrogens with two attached hydrogens (primary N) is 1. The first-order valence-electron chi connectivity index (χ1n) is 8.95. The number of nitrogens with one attached hydrogen (secondary N) is 1. The van der Waals surface area contributed by atoms with Gasteiger partial charge in [0.15, 0.2) is 6.29 Å². The number of aromatic amines is 1. The van der Waals surface area contributed by atoms with Crippen LogP contribution in [-0.2, 0) is 6.54 Å². The number of hydrogen-bond donors (Lipinski definition) is 2. The van der Waals surface area contributed by atoms with Gasteiger partial charge >= 0.3 is 0 Å². The van der Waals surface area contributed by atoms with Crippen LogP contribution in [0.15, 0.2) is 64.0 Å². The van der Waals surface area contributed by atoms with Gasteiger partial charge in [0.25, 0.3) is 11.5 Å². The fourth-order valence-corrected chi connectivity index (χ4v) is 4.18. The molecule has 1 amide bonds. The molecule has 0 radical (unpaired) electrons. The Balaban J connectivity index is 2.16. The number of carbonyl (C=O) groups excluding carboxylic acids is 2. The third-order valence-electron chi connectivity index (χ3n) is 4.95. The molecule has 0 bridgehead atoms. The number of nitrogens with zero attached hydrogens (tertiary/aromatic N) is 1. The van der Waals surface area contributed by atoms with Crippen molar-refractivity contribution in [3.8, 4) is 11.1 Å². The molecule has 0 atom stereocenters. The van der Waals surface area contributed by atoms with Crippen LogP contribution in [0.25, 0.3) is 22.0 Å². The van der Waals surface area contributed by atoms with Crippen LogP contribution in [0.1, 0.15) is 26.4 Å². The molecule has 0 unspecified atom stereocenters. The van der Waals surface area contributed by atoms with Crippen molar-refractivity contribution < 1.29 is 14.0 Å². The van der Waals surface area contributed by atoms with Crippen molar-refractivity contribution in [2.45, 2.75) is 6.54 Å². The Bertz CT molecular complexity index is 1370. The predicted molar refractivity (Wildman–Crippen MR) is 115 cm³/mol. The van der Waals surface area contributed by atoms with Crippen LogP contribution in [0.4, 0.5) is 4.39 Å². The second-order valence-corrected chi connectivity index (χ2v) is 7.50. The first kappa shape index (κ1) is 19.8. The third-order valence-corrected chi connectivity index (χ3v) is 5.61. The molecule has 2 aromatic carbocycles. The standard InChI is InChI=1S/C22H15BrFN3O3/c23-14-7-8-16-20(19(14)21(25)29)18(13-5-3-9-26-22(13)30)17(11-28)27(16)10-12-4-1-2-6-15(12)24/h1-9,11H,10H2,(H2,25,29)(H,26,30). The Labute approximate surface area is 178 Å². The number of rotatable bonds is 5. The molecule has 150 valence electrons. The minimum atomic E-state index is -0.721. The van der Waals surface area contributed by atoms with Crippen molar-refractivity contribution in [2.75, 3.05) is 0 Å². The molecule has 2 aromatic heterocycles. The highest BCUT2D eigenvalue weighted by atomic mass is 79.9. The Morgan fingerprint density at radius 1 is 1.17 bits per heavy atom. The lowest BCUT2D eigenvalue weighted by Gasteiger charge is -2.10. The van der Waals surface area contributed by atoms with Crippen LogP contribution in [-0.4, -0.2) is 21.7 Å². The summed E-state index contributed by atoms with van der Waals surface area (Å²) >= 11 is 3.33. The predicted octanol–water partition coefficient (Wildman–Crippen LogP) is 3.86. The number of halogens is 2. The maximum Gasteiger partial charge on any atom is 0.255 e. The minimum absolute atomic E-state index is 0.0296. The Hall–Kier alpha value is -3.52. The van der Waals surface area contributed by atoms with Gasteiger partial charge in [-0.25, -0.2) is 4.39 Å². The van der Waals surface area contributed by atoms with Crippen LogP contribution in [0.2, 0.25) is 0 Å². The van der Waals surface area contributed by atoms with Crippen molar-refractivity contribution in [1.29, 1.82) is 0 Å². The van der Waals surface area contributed by atoms with Gasteiger partial charge in [-0.1, -0.05) is 18.2 Å². The van der Waals surface area contributed by atoms with E-state index in [9.17, 15) is 18.8 Å². The van der Waals surface area contributed by atoms with Crippen LogP contribution < -0.4 is 11.3 Å². The smallest absolute Gasteiger partial charge is 0.255 e. The summed E-state index contributed by atoms with van der Waals surface area (Å²) in [7, 11) is 0. The number of hydrogen-bond acceptors (Lipinski definition) is 3. The van der Waals surface area contributed by atoms with Crippen molar-refractivity contribution in [2.24, 2.45) is 5.73 Å². The number of amides is 1.